The minimum Gasteiger partial charge on any atom is -0.457 e. The fourth-order valence-corrected chi connectivity index (χ4v) is 7.15. The van der Waals surface area contributed by atoms with E-state index < -0.39 is 42.1 Å². The van der Waals surface area contributed by atoms with E-state index in [1.807, 2.05) is 39.0 Å². The van der Waals surface area contributed by atoms with Gasteiger partial charge in [-0.2, -0.15) is 0 Å². The lowest BCUT2D eigenvalue weighted by atomic mass is 9.89. The molecule has 50 heavy (non-hydrogen) atoms. The Morgan fingerprint density at radius 3 is 2.38 bits per heavy atom. The van der Waals surface area contributed by atoms with Gasteiger partial charge in [0.05, 0.1) is 25.7 Å². The number of Topliss-reactive ketones (excluding diaryl/α,β-unsaturated/α-hetero) is 1. The summed E-state index contributed by atoms with van der Waals surface area (Å²) in [6.45, 7) is 10.6. The molecule has 1 saturated carbocycles. The Balaban J connectivity index is 1.39. The summed E-state index contributed by atoms with van der Waals surface area (Å²) >= 11 is 0. The molecule has 280 valence electrons. The van der Waals surface area contributed by atoms with E-state index in [-0.39, 0.29) is 50.0 Å². The van der Waals surface area contributed by atoms with E-state index in [2.05, 4.69) is 4.90 Å². The van der Waals surface area contributed by atoms with Gasteiger partial charge in [-0.05, 0) is 51.2 Å². The SMILES string of the molecule is C/C(=C\C=C\[C@@H](C)COC(=O)N1CCC(=O)C1)[C@H]1OC(=O)C[C@@H](O)CC[C@](C)(O)[C@@H](OC(=O)N2CCN(C3CCCCCC3)CC2)/C=C\[C@@H]1C. The van der Waals surface area contributed by atoms with Crippen molar-refractivity contribution in [1.29, 1.82) is 0 Å². The molecule has 1 aliphatic carbocycles. The van der Waals surface area contributed by atoms with E-state index in [1.165, 1.54) is 43.4 Å². The average Bonchev–Trinajstić information content (AvgIpc) is 3.34. The molecule has 3 aliphatic heterocycles. The summed E-state index contributed by atoms with van der Waals surface area (Å²) in [6, 6.07) is 0.579. The first kappa shape index (κ1) is 39.6. The van der Waals surface area contributed by atoms with Gasteiger partial charge in [-0.25, -0.2) is 9.59 Å². The Morgan fingerprint density at radius 2 is 1.72 bits per heavy atom. The van der Waals surface area contributed by atoms with Gasteiger partial charge in [-0.1, -0.05) is 63.8 Å². The Hall–Kier alpha value is -3.22. The Bertz CT molecular complexity index is 1250. The monoisotopic (exact) mass is 701 g/mol. The molecular formula is C38H59N3O9. The predicted octanol–water partition coefficient (Wildman–Crippen LogP) is 4.78. The van der Waals surface area contributed by atoms with Crippen LogP contribution in [0, 0.1) is 11.8 Å². The first-order valence-corrected chi connectivity index (χ1v) is 18.6. The van der Waals surface area contributed by atoms with Crippen LogP contribution in [0.1, 0.15) is 91.9 Å². The molecule has 2 saturated heterocycles. The van der Waals surface area contributed by atoms with Gasteiger partial charge >= 0.3 is 18.2 Å². The summed E-state index contributed by atoms with van der Waals surface area (Å²) in [5, 5.41) is 22.2. The van der Waals surface area contributed by atoms with Crippen molar-refractivity contribution in [2.45, 2.75) is 122 Å². The molecule has 0 bridgehead atoms. The molecule has 6 atom stereocenters. The van der Waals surface area contributed by atoms with Gasteiger partial charge in [0, 0.05) is 57.0 Å². The molecule has 0 unspecified atom stereocenters. The van der Waals surface area contributed by atoms with Crippen molar-refractivity contribution in [2.24, 2.45) is 11.8 Å². The van der Waals surface area contributed by atoms with Gasteiger partial charge in [0.15, 0.2) is 11.9 Å². The maximum Gasteiger partial charge on any atom is 0.410 e. The molecule has 0 radical (unpaired) electrons. The van der Waals surface area contributed by atoms with E-state index >= 15 is 0 Å². The fraction of sp³-hybridized carbons (Fsp3) is 0.737. The van der Waals surface area contributed by atoms with E-state index in [9.17, 15) is 29.4 Å². The summed E-state index contributed by atoms with van der Waals surface area (Å²) in [5.74, 6) is -0.990. The highest BCUT2D eigenvalue weighted by molar-refractivity contribution is 5.87. The highest BCUT2D eigenvalue weighted by Gasteiger charge is 2.37. The number of esters is 1. The van der Waals surface area contributed by atoms with Crippen molar-refractivity contribution in [3.05, 3.63) is 36.0 Å². The number of ketones is 1. The van der Waals surface area contributed by atoms with Crippen LogP contribution in [0.2, 0.25) is 0 Å². The van der Waals surface area contributed by atoms with Crippen molar-refractivity contribution in [3.63, 3.8) is 0 Å². The van der Waals surface area contributed by atoms with Gasteiger partial charge in [-0.3, -0.25) is 14.5 Å². The number of nitrogens with zero attached hydrogens (tertiary/aromatic N) is 3. The number of cyclic esters (lactones) is 1. The Morgan fingerprint density at radius 1 is 1.02 bits per heavy atom. The number of hydrogen-bond acceptors (Lipinski definition) is 10. The number of aliphatic hydroxyl groups excluding tert-OH is 1. The van der Waals surface area contributed by atoms with E-state index in [0.29, 0.717) is 32.1 Å². The molecule has 0 aromatic carbocycles. The summed E-state index contributed by atoms with van der Waals surface area (Å²) in [6.07, 6.45) is 13.2. The number of allylic oxidation sites excluding steroid dienone is 2. The van der Waals surface area contributed by atoms with Gasteiger partial charge in [-0.15, -0.1) is 0 Å². The van der Waals surface area contributed by atoms with Crippen molar-refractivity contribution in [3.8, 4) is 0 Å². The van der Waals surface area contributed by atoms with Crippen LogP contribution in [-0.2, 0) is 23.8 Å². The van der Waals surface area contributed by atoms with Gasteiger partial charge < -0.3 is 34.2 Å². The van der Waals surface area contributed by atoms with E-state index in [0.717, 1.165) is 18.7 Å². The summed E-state index contributed by atoms with van der Waals surface area (Å²) in [5.41, 5.74) is -0.740. The fourth-order valence-electron chi connectivity index (χ4n) is 7.15. The largest absolute Gasteiger partial charge is 0.457 e. The number of carbonyl (C=O) groups excluding carboxylic acids is 4. The number of likely N-dealkylation sites (tertiary alicyclic amines) is 1. The lowest BCUT2D eigenvalue weighted by molar-refractivity contribution is -0.151. The molecule has 2 amide bonds. The van der Waals surface area contributed by atoms with Crippen LogP contribution in [0.25, 0.3) is 0 Å². The van der Waals surface area contributed by atoms with Crippen LogP contribution < -0.4 is 0 Å². The Labute approximate surface area is 297 Å². The number of amides is 2. The Kier molecular flexibility index (Phi) is 14.9. The number of ether oxygens (including phenoxy) is 3. The molecule has 3 fully saturated rings. The molecule has 0 aromatic heterocycles. The van der Waals surface area contributed by atoms with Crippen LogP contribution in [-0.4, -0.2) is 125 Å². The zero-order chi connectivity index (χ0) is 36.3. The number of aliphatic hydroxyl groups is 2. The minimum absolute atomic E-state index is 0.0252. The van der Waals surface area contributed by atoms with Crippen molar-refractivity contribution in [2.75, 3.05) is 45.9 Å². The lowest BCUT2D eigenvalue weighted by Gasteiger charge is -2.40. The van der Waals surface area contributed by atoms with Crippen molar-refractivity contribution in [1.82, 2.24) is 14.7 Å². The van der Waals surface area contributed by atoms with Crippen LogP contribution in [0.5, 0.6) is 0 Å². The first-order chi connectivity index (χ1) is 23.8. The third-order valence-corrected chi connectivity index (χ3v) is 10.5. The zero-order valence-electron chi connectivity index (χ0n) is 30.5. The second-order valence-electron chi connectivity index (χ2n) is 14.9. The second kappa shape index (κ2) is 18.9. The predicted molar refractivity (Wildman–Crippen MR) is 188 cm³/mol. The molecule has 0 aromatic rings. The lowest BCUT2D eigenvalue weighted by Crippen LogP contribution is -2.53. The maximum absolute atomic E-state index is 13.4. The number of piperazine rings is 1. The normalized spacial score (nSPS) is 31.4. The van der Waals surface area contributed by atoms with Crippen molar-refractivity contribution < 1.29 is 43.6 Å². The first-order valence-electron chi connectivity index (χ1n) is 18.6. The maximum atomic E-state index is 13.4. The molecule has 2 N–H and O–H groups in total. The third-order valence-electron chi connectivity index (χ3n) is 10.5. The third kappa shape index (κ3) is 11.9. The highest BCUT2D eigenvalue weighted by atomic mass is 16.6. The van der Waals surface area contributed by atoms with Crippen molar-refractivity contribution >= 4 is 23.9 Å². The summed E-state index contributed by atoms with van der Waals surface area (Å²) < 4.78 is 17.2. The standard InChI is InChI=1S/C38H59N3O9/c1-27(26-48-36(45)41-19-17-32(43)25-41)10-9-11-28(2)35-29(3)14-15-33(38(4,47)18-16-31(42)24-34(44)50-35)49-37(46)40-22-20-39(21-23-40)30-12-7-5-6-8-13-30/h9-11,14-15,27,29-31,33,35,42,47H,5-8,12-13,16-26H2,1-4H3/b10-9+,15-14-,28-11+/t27-,29+,31+,33+,35-,38+/m1/s1. The van der Waals surface area contributed by atoms with E-state index in [4.69, 9.17) is 14.2 Å². The average molecular weight is 702 g/mol. The molecule has 4 rings (SSSR count). The van der Waals surface area contributed by atoms with Crippen LogP contribution in [0.15, 0.2) is 36.0 Å². The number of carbonyl (C=O) groups is 4. The molecule has 4 aliphatic rings. The molecule has 0 spiro atoms. The van der Waals surface area contributed by atoms with Gasteiger partial charge in [0.2, 0.25) is 0 Å². The van der Waals surface area contributed by atoms with Crippen LogP contribution in [0.3, 0.4) is 0 Å². The quantitative estimate of drug-likeness (QED) is 0.125. The van der Waals surface area contributed by atoms with Gasteiger partial charge in [0.25, 0.3) is 0 Å². The molecule has 12 heteroatoms. The smallest absolute Gasteiger partial charge is 0.410 e. The zero-order valence-corrected chi connectivity index (χ0v) is 30.5. The number of hydrogen-bond donors (Lipinski definition) is 2. The topological polar surface area (TPSA) is 146 Å². The molecule has 3 heterocycles. The number of rotatable bonds is 7. The van der Waals surface area contributed by atoms with Crippen LogP contribution in [0.4, 0.5) is 9.59 Å². The minimum atomic E-state index is -1.48. The summed E-state index contributed by atoms with van der Waals surface area (Å²) in [4.78, 5) is 55.6. The van der Waals surface area contributed by atoms with Gasteiger partial charge in [0.1, 0.15) is 11.7 Å². The summed E-state index contributed by atoms with van der Waals surface area (Å²) in [7, 11) is 0. The molecular weight excluding hydrogens is 642 g/mol. The van der Waals surface area contributed by atoms with E-state index in [1.54, 1.807) is 24.0 Å². The van der Waals surface area contributed by atoms with Crippen LogP contribution >= 0.6 is 0 Å². The highest BCUT2D eigenvalue weighted by Crippen LogP contribution is 2.28. The molecule has 12 nitrogen and oxygen atoms in total. The second-order valence-corrected chi connectivity index (χ2v) is 14.9.